The van der Waals surface area contributed by atoms with E-state index in [2.05, 4.69) is 51.1 Å². The number of methoxy groups -OCH3 is 1. The van der Waals surface area contributed by atoms with Gasteiger partial charge in [-0.2, -0.15) is 13.2 Å². The van der Waals surface area contributed by atoms with Gasteiger partial charge in [0.1, 0.15) is 5.82 Å². The second-order valence-electron chi connectivity index (χ2n) is 9.84. The molecule has 2 heterocycles. The summed E-state index contributed by atoms with van der Waals surface area (Å²) in [5, 5.41) is 10.3. The van der Waals surface area contributed by atoms with E-state index in [4.69, 9.17) is 19.7 Å². The summed E-state index contributed by atoms with van der Waals surface area (Å²) in [6.45, 7) is 5.77. The number of imidazole rings is 1. The molecule has 0 saturated carbocycles. The highest BCUT2D eigenvalue weighted by Crippen LogP contribution is 2.31. The zero-order chi connectivity index (χ0) is 35.0. The molecule has 6 N–H and O–H groups in total. The molecule has 1 aromatic heterocycles. The molecule has 1 amide bonds. The molecule has 4 aromatic rings. The number of fused-ring (bicyclic) bond motifs is 1. The Hall–Kier alpha value is -5.17. The Kier molecular flexibility index (Phi) is 15.1. The van der Waals surface area contributed by atoms with Gasteiger partial charge in [0.25, 0.3) is 12.4 Å². The second kappa shape index (κ2) is 18.7. The van der Waals surface area contributed by atoms with Crippen LogP contribution in [-0.4, -0.2) is 65.2 Å². The van der Waals surface area contributed by atoms with Crippen molar-refractivity contribution >= 4 is 24.0 Å². The molecule has 5 rings (SSSR count). The van der Waals surface area contributed by atoms with Gasteiger partial charge in [-0.25, -0.2) is 9.78 Å². The number of rotatable bonds is 8. The van der Waals surface area contributed by atoms with Crippen molar-refractivity contribution in [3.63, 3.8) is 0 Å². The molecule has 0 radical (unpaired) electrons. The topological polar surface area (TPSA) is 152 Å². The first-order valence-corrected chi connectivity index (χ1v) is 14.9. The number of carbonyl (C=O) groups is 3. The van der Waals surface area contributed by atoms with E-state index in [1.807, 2.05) is 74.5 Å². The van der Waals surface area contributed by atoms with Gasteiger partial charge in [-0.3, -0.25) is 9.59 Å². The number of nitrogens with one attached hydrogen (secondary N) is 2. The number of H-pyrrole nitrogens is 1. The number of hydrogen-bond donors (Lipinski definition) is 4. The number of carboxylic acids is 1. The number of alkyl halides is 3. The Morgan fingerprint density at radius 3 is 2.26 bits per heavy atom. The van der Waals surface area contributed by atoms with Crippen LogP contribution in [0.1, 0.15) is 52.8 Å². The molecule has 47 heavy (non-hydrogen) atoms. The summed E-state index contributed by atoms with van der Waals surface area (Å²) in [4.78, 5) is 41.7. The molecule has 0 fully saturated rings. The first kappa shape index (κ1) is 38.0. The second-order valence-corrected chi connectivity index (χ2v) is 9.84. The lowest BCUT2D eigenvalue weighted by atomic mass is 9.94. The molecule has 10 nitrogen and oxygen atoms in total. The standard InChI is InChI=1S/C28H29N5O.C2HF3O2.C2H4O2.C2H6/c1-30-23-10-8-21(9-11-23)25-18-31-27(32-25)26(16-19-5-3-2-4-6-19)33-14-13-22-15-20(17-29)7-12-24(22)28(33)34;3-2(4,5)1(6)7;1-4-2-3;1-2/h2-12,15,18,26,30H,13-14,16-17,29H2,1H3,(H,31,32);(H,6,7);2H,1H3;1-2H3/p+1. The van der Waals surface area contributed by atoms with Crippen molar-refractivity contribution in [2.75, 3.05) is 26.0 Å². The Balaban J connectivity index is 0.000000506. The van der Waals surface area contributed by atoms with Gasteiger partial charge in [-0.05, 0) is 47.4 Å². The van der Waals surface area contributed by atoms with Gasteiger partial charge in [0.05, 0.1) is 31.6 Å². The highest BCUT2D eigenvalue weighted by atomic mass is 19.4. The van der Waals surface area contributed by atoms with Crippen LogP contribution in [0.3, 0.4) is 0 Å². The minimum atomic E-state index is -5.08. The van der Waals surface area contributed by atoms with Crippen LogP contribution in [0, 0.1) is 0 Å². The Bertz CT molecular complexity index is 1560. The number of amides is 1. The molecular weight excluding hydrogens is 615 g/mol. The maximum atomic E-state index is 13.6. The summed E-state index contributed by atoms with van der Waals surface area (Å²) in [5.41, 5.74) is 11.3. The number of aromatic nitrogens is 2. The van der Waals surface area contributed by atoms with Crippen LogP contribution >= 0.6 is 0 Å². The molecule has 0 aliphatic carbocycles. The number of aliphatic carboxylic acids is 1. The molecule has 0 bridgehead atoms. The molecule has 3 aromatic carbocycles. The number of nitrogens with zero attached hydrogens (tertiary/aromatic N) is 2. The molecule has 1 atom stereocenters. The smallest absolute Gasteiger partial charge is 0.475 e. The Morgan fingerprint density at radius 1 is 1.11 bits per heavy atom. The quantitative estimate of drug-likeness (QED) is 0.188. The zero-order valence-corrected chi connectivity index (χ0v) is 26.8. The van der Waals surface area contributed by atoms with Crippen LogP contribution in [0.2, 0.25) is 0 Å². The van der Waals surface area contributed by atoms with Gasteiger partial charge in [0.15, 0.2) is 0 Å². The summed E-state index contributed by atoms with van der Waals surface area (Å²) in [5.74, 6) is -1.88. The summed E-state index contributed by atoms with van der Waals surface area (Å²) in [6, 6.07) is 24.5. The third kappa shape index (κ3) is 11.0. The molecule has 13 heteroatoms. The van der Waals surface area contributed by atoms with E-state index in [0.717, 1.165) is 46.9 Å². The van der Waals surface area contributed by atoms with Crippen molar-refractivity contribution in [1.29, 1.82) is 0 Å². The van der Waals surface area contributed by atoms with Crippen molar-refractivity contribution in [1.82, 2.24) is 14.9 Å². The highest BCUT2D eigenvalue weighted by Gasteiger charge is 2.38. The fourth-order valence-electron chi connectivity index (χ4n) is 4.67. The maximum absolute atomic E-state index is 13.6. The van der Waals surface area contributed by atoms with Gasteiger partial charge in [-0.1, -0.05) is 62.4 Å². The first-order chi connectivity index (χ1) is 22.5. The molecule has 1 unspecified atom stereocenters. The fraction of sp³-hybridized carbons (Fsp3) is 0.294. The third-order valence-electron chi connectivity index (χ3n) is 6.95. The summed E-state index contributed by atoms with van der Waals surface area (Å²) >= 11 is 0. The Morgan fingerprint density at radius 2 is 1.72 bits per heavy atom. The predicted molar refractivity (Wildman–Crippen MR) is 172 cm³/mol. The highest BCUT2D eigenvalue weighted by molar-refractivity contribution is 5.97. The van der Waals surface area contributed by atoms with Crippen molar-refractivity contribution in [3.05, 3.63) is 107 Å². The minimum absolute atomic E-state index is 0.0640. The predicted octanol–water partition coefficient (Wildman–Crippen LogP) is 5.29. The summed E-state index contributed by atoms with van der Waals surface area (Å²) in [6.07, 6.45) is -1.69. The number of ether oxygens (including phenoxy) is 1. The molecular formula is C34H41F3N5O5+. The molecule has 252 valence electrons. The van der Waals surface area contributed by atoms with Crippen molar-refractivity contribution < 1.29 is 43.1 Å². The third-order valence-corrected chi connectivity index (χ3v) is 6.95. The summed E-state index contributed by atoms with van der Waals surface area (Å²) < 4.78 is 35.6. The number of carboxylic acid groups (broad SMARTS) is 1. The average molecular weight is 657 g/mol. The van der Waals surface area contributed by atoms with Gasteiger partial charge in [0.2, 0.25) is 0 Å². The van der Waals surface area contributed by atoms with Crippen LogP contribution < -0.4 is 11.1 Å². The van der Waals surface area contributed by atoms with Gasteiger partial charge >= 0.3 is 12.1 Å². The van der Waals surface area contributed by atoms with E-state index in [0.29, 0.717) is 19.4 Å². The number of carbonyl (C=O) groups excluding carboxylic acids is 2. The summed E-state index contributed by atoms with van der Waals surface area (Å²) in [7, 11) is 3.22. The van der Waals surface area contributed by atoms with Crippen LogP contribution in [0.5, 0.6) is 0 Å². The largest absolute Gasteiger partial charge is 0.490 e. The van der Waals surface area contributed by atoms with Crippen LogP contribution in [0.25, 0.3) is 11.3 Å². The van der Waals surface area contributed by atoms with E-state index >= 15 is 0 Å². The van der Waals surface area contributed by atoms with Crippen LogP contribution in [0.4, 0.5) is 18.9 Å². The number of quaternary nitrogens is 1. The molecule has 1 aliphatic heterocycles. The van der Waals surface area contributed by atoms with Crippen LogP contribution in [0.15, 0.2) is 79.0 Å². The van der Waals surface area contributed by atoms with E-state index in [-0.39, 0.29) is 11.9 Å². The van der Waals surface area contributed by atoms with Gasteiger partial charge < -0.3 is 30.8 Å². The SMILES string of the molecule is CC.CNc1ccc(-c2cnc(C(Cc3ccccc3)N3CCc4cc(C[NH3+])ccc4C3=O)[nH]2)cc1.COC=O.O=C(O)C(F)(F)F. The normalized spacial score (nSPS) is 12.4. The van der Waals surface area contributed by atoms with Gasteiger partial charge in [0, 0.05) is 36.8 Å². The monoisotopic (exact) mass is 656 g/mol. The lowest BCUT2D eigenvalue weighted by Gasteiger charge is -2.35. The molecule has 0 saturated heterocycles. The van der Waals surface area contributed by atoms with E-state index < -0.39 is 12.1 Å². The number of halogens is 3. The molecule has 1 aliphatic rings. The first-order valence-electron chi connectivity index (χ1n) is 14.9. The van der Waals surface area contributed by atoms with Gasteiger partial charge in [-0.15, -0.1) is 0 Å². The van der Waals surface area contributed by atoms with E-state index in [1.54, 1.807) is 0 Å². The van der Waals surface area contributed by atoms with Crippen LogP contribution in [-0.2, 0) is 33.7 Å². The van der Waals surface area contributed by atoms with Crippen molar-refractivity contribution in [2.45, 2.75) is 45.5 Å². The number of anilines is 1. The van der Waals surface area contributed by atoms with E-state index in [1.165, 1.54) is 18.2 Å². The lowest BCUT2D eigenvalue weighted by Crippen LogP contribution is -2.47. The number of aromatic amines is 1. The number of benzene rings is 3. The number of hydrogen-bond acceptors (Lipinski definition) is 6. The maximum Gasteiger partial charge on any atom is 0.490 e. The average Bonchev–Trinajstić information content (AvgIpc) is 3.59. The Labute approximate surface area is 271 Å². The lowest BCUT2D eigenvalue weighted by molar-refractivity contribution is -0.386. The minimum Gasteiger partial charge on any atom is -0.475 e. The van der Waals surface area contributed by atoms with Crippen molar-refractivity contribution in [3.8, 4) is 11.3 Å². The van der Waals surface area contributed by atoms with E-state index in [9.17, 15) is 18.0 Å². The van der Waals surface area contributed by atoms with Crippen molar-refractivity contribution in [2.24, 2.45) is 0 Å². The fourth-order valence-corrected chi connectivity index (χ4v) is 4.67. The zero-order valence-electron chi connectivity index (χ0n) is 26.8. The molecule has 0 spiro atoms.